The zero-order valence-corrected chi connectivity index (χ0v) is 14.8. The van der Waals surface area contributed by atoms with Crippen LogP contribution in [0.4, 0.5) is 0 Å². The van der Waals surface area contributed by atoms with Gasteiger partial charge in [-0.2, -0.15) is 0 Å². The molecule has 4 aromatic rings. The van der Waals surface area contributed by atoms with E-state index in [4.69, 9.17) is 14.2 Å². The molecule has 1 aliphatic rings. The third kappa shape index (κ3) is 1.96. The van der Waals surface area contributed by atoms with Crippen molar-refractivity contribution in [1.29, 1.82) is 0 Å². The molecule has 7 heteroatoms. The molecule has 1 aliphatic heterocycles. The number of nitrogens with zero attached hydrogens (tertiary/aromatic N) is 2. The van der Waals surface area contributed by atoms with Crippen molar-refractivity contribution in [2.75, 3.05) is 13.4 Å². The number of para-hydroxylation sites is 1. The molecule has 3 heterocycles. The molecule has 136 valence electrons. The summed E-state index contributed by atoms with van der Waals surface area (Å²) < 4.78 is 19.8. The highest BCUT2D eigenvalue weighted by Gasteiger charge is 2.28. The van der Waals surface area contributed by atoms with Crippen LogP contribution in [0, 0.1) is 6.92 Å². The molecule has 0 N–H and O–H groups in total. The van der Waals surface area contributed by atoms with Crippen LogP contribution in [0.5, 0.6) is 11.5 Å². The quantitative estimate of drug-likeness (QED) is 0.512. The zero-order chi connectivity index (χ0) is 18.7. The lowest BCUT2D eigenvalue weighted by Crippen LogP contribution is -2.19. The van der Waals surface area contributed by atoms with Gasteiger partial charge in [-0.15, -0.1) is 0 Å². The topological polar surface area (TPSA) is 70.7 Å². The van der Waals surface area contributed by atoms with Crippen molar-refractivity contribution in [2.45, 2.75) is 13.8 Å². The Bertz CT molecular complexity index is 1320. The van der Waals surface area contributed by atoms with Gasteiger partial charge >= 0.3 is 5.97 Å². The summed E-state index contributed by atoms with van der Waals surface area (Å²) in [6, 6.07) is 10.8. The average molecular weight is 364 g/mol. The summed E-state index contributed by atoms with van der Waals surface area (Å²) in [5.41, 5.74) is 2.10. The maximum atomic E-state index is 13.1. The molecule has 0 aliphatic carbocycles. The van der Waals surface area contributed by atoms with Gasteiger partial charge in [0.05, 0.1) is 39.7 Å². The molecule has 27 heavy (non-hydrogen) atoms. The van der Waals surface area contributed by atoms with E-state index in [1.165, 1.54) is 0 Å². The van der Waals surface area contributed by atoms with Gasteiger partial charge in [-0.3, -0.25) is 4.79 Å². The molecule has 0 unspecified atom stereocenters. The standard InChI is InChI=1S/C20H16N2O5/c1-3-25-20(24)16-11(2)21-13-7-5-4-6-12(13)19(23)22(21)14-8-9-15-18(17(14)16)27-10-26-15/h4-9H,3,10H2,1-2H3. The zero-order valence-electron chi connectivity index (χ0n) is 14.8. The SMILES string of the molecule is CCOC(=O)c1c(C)n2c3ccccc3c(=O)n2c2ccc3c(c12)OCO3. The minimum Gasteiger partial charge on any atom is -0.462 e. The summed E-state index contributed by atoms with van der Waals surface area (Å²) in [4.78, 5) is 26.0. The van der Waals surface area contributed by atoms with Gasteiger partial charge in [0.1, 0.15) is 0 Å². The lowest BCUT2D eigenvalue weighted by Gasteiger charge is -2.15. The molecule has 7 nitrogen and oxygen atoms in total. The largest absolute Gasteiger partial charge is 0.462 e. The monoisotopic (exact) mass is 364 g/mol. The van der Waals surface area contributed by atoms with Crippen molar-refractivity contribution in [3.63, 3.8) is 0 Å². The van der Waals surface area contributed by atoms with E-state index in [1.54, 1.807) is 41.1 Å². The van der Waals surface area contributed by atoms with Crippen LogP contribution < -0.4 is 15.0 Å². The Morgan fingerprint density at radius 3 is 2.74 bits per heavy atom. The fraction of sp³-hybridized carbons (Fsp3) is 0.200. The molecule has 2 aromatic heterocycles. The van der Waals surface area contributed by atoms with Gasteiger partial charge in [-0.05, 0) is 38.1 Å². The van der Waals surface area contributed by atoms with Crippen LogP contribution in [-0.4, -0.2) is 28.4 Å². The molecule has 0 radical (unpaired) electrons. The lowest BCUT2D eigenvalue weighted by molar-refractivity contribution is 0.0526. The summed E-state index contributed by atoms with van der Waals surface area (Å²) in [6.45, 7) is 3.87. The molecule has 0 saturated heterocycles. The van der Waals surface area contributed by atoms with Gasteiger partial charge in [-0.25, -0.2) is 13.8 Å². The fourth-order valence-electron chi connectivity index (χ4n) is 3.82. The van der Waals surface area contributed by atoms with E-state index in [2.05, 4.69) is 0 Å². The Morgan fingerprint density at radius 1 is 1.11 bits per heavy atom. The molecule has 0 fully saturated rings. The van der Waals surface area contributed by atoms with E-state index in [0.717, 1.165) is 5.52 Å². The fourth-order valence-corrected chi connectivity index (χ4v) is 3.82. The second-order valence-corrected chi connectivity index (χ2v) is 6.32. The first-order chi connectivity index (χ1) is 13.1. The van der Waals surface area contributed by atoms with Crippen LogP contribution in [0.15, 0.2) is 41.2 Å². The Labute approximate surface area is 153 Å². The number of aryl methyl sites for hydroxylation is 1. The van der Waals surface area contributed by atoms with Crippen molar-refractivity contribution in [2.24, 2.45) is 0 Å². The summed E-state index contributed by atoms with van der Waals surface area (Å²) in [7, 11) is 0. The predicted molar refractivity (Wildman–Crippen MR) is 98.9 cm³/mol. The number of carbonyl (C=O) groups is 1. The van der Waals surface area contributed by atoms with Crippen LogP contribution in [0.1, 0.15) is 23.0 Å². The molecular weight excluding hydrogens is 348 g/mol. The van der Waals surface area contributed by atoms with E-state index in [0.29, 0.717) is 39.0 Å². The number of hydrogen-bond acceptors (Lipinski definition) is 5. The van der Waals surface area contributed by atoms with Crippen molar-refractivity contribution >= 4 is 27.8 Å². The molecule has 0 bridgehead atoms. The molecule has 5 rings (SSSR count). The third-order valence-electron chi connectivity index (χ3n) is 4.91. The van der Waals surface area contributed by atoms with Crippen molar-refractivity contribution in [3.8, 4) is 11.5 Å². The number of aromatic nitrogens is 2. The molecule has 2 aromatic carbocycles. The first-order valence-corrected chi connectivity index (χ1v) is 8.68. The van der Waals surface area contributed by atoms with Crippen LogP contribution in [0.3, 0.4) is 0 Å². The maximum absolute atomic E-state index is 13.1. The van der Waals surface area contributed by atoms with E-state index in [-0.39, 0.29) is 19.0 Å². The van der Waals surface area contributed by atoms with Gasteiger partial charge < -0.3 is 14.2 Å². The van der Waals surface area contributed by atoms with E-state index in [1.807, 2.05) is 18.2 Å². The van der Waals surface area contributed by atoms with Gasteiger partial charge in [0.15, 0.2) is 11.5 Å². The maximum Gasteiger partial charge on any atom is 0.340 e. The summed E-state index contributed by atoms with van der Waals surface area (Å²) in [5, 5.41) is 1.10. The van der Waals surface area contributed by atoms with Crippen LogP contribution in [-0.2, 0) is 4.74 Å². The number of hydrogen-bond donors (Lipinski definition) is 0. The number of esters is 1. The molecule has 0 saturated carbocycles. The summed E-state index contributed by atoms with van der Waals surface area (Å²) in [5.74, 6) is 0.538. The van der Waals surface area contributed by atoms with Gasteiger partial charge in [0.25, 0.3) is 5.56 Å². The number of fused-ring (bicyclic) bond motifs is 7. The number of benzene rings is 2. The van der Waals surface area contributed by atoms with Gasteiger partial charge in [0.2, 0.25) is 6.79 Å². The molecular formula is C20H16N2O5. The Hall–Kier alpha value is -3.48. The van der Waals surface area contributed by atoms with Crippen LogP contribution in [0.2, 0.25) is 0 Å². The van der Waals surface area contributed by atoms with E-state index < -0.39 is 5.97 Å². The minimum absolute atomic E-state index is 0.0683. The van der Waals surface area contributed by atoms with Crippen molar-refractivity contribution in [1.82, 2.24) is 9.03 Å². The highest BCUT2D eigenvalue weighted by Crippen LogP contribution is 2.41. The smallest absolute Gasteiger partial charge is 0.340 e. The molecule has 0 spiro atoms. The highest BCUT2D eigenvalue weighted by atomic mass is 16.7. The lowest BCUT2D eigenvalue weighted by atomic mass is 10.1. The number of carbonyl (C=O) groups excluding carboxylic acids is 1. The van der Waals surface area contributed by atoms with Gasteiger partial charge in [0, 0.05) is 0 Å². The molecule has 0 amide bonds. The van der Waals surface area contributed by atoms with Crippen molar-refractivity contribution in [3.05, 3.63) is 58.0 Å². The predicted octanol–water partition coefficient (Wildman–Crippen LogP) is 2.92. The number of rotatable bonds is 2. The Morgan fingerprint density at radius 2 is 1.93 bits per heavy atom. The Kier molecular flexibility index (Phi) is 3.21. The van der Waals surface area contributed by atoms with Crippen molar-refractivity contribution < 1.29 is 19.0 Å². The summed E-state index contributed by atoms with van der Waals surface area (Å²) in [6.07, 6.45) is 0. The first kappa shape index (κ1) is 15.7. The van der Waals surface area contributed by atoms with Gasteiger partial charge in [-0.1, -0.05) is 12.1 Å². The number of ether oxygens (including phenoxy) is 3. The van der Waals surface area contributed by atoms with E-state index in [9.17, 15) is 9.59 Å². The highest BCUT2D eigenvalue weighted by molar-refractivity contribution is 6.08. The molecule has 0 atom stereocenters. The Balaban J connectivity index is 2.09. The van der Waals surface area contributed by atoms with E-state index >= 15 is 0 Å². The first-order valence-electron chi connectivity index (χ1n) is 8.68. The normalized spacial score (nSPS) is 13.0. The third-order valence-corrected chi connectivity index (χ3v) is 4.91. The average Bonchev–Trinajstić information content (AvgIpc) is 3.26. The summed E-state index contributed by atoms with van der Waals surface area (Å²) >= 11 is 0. The minimum atomic E-state index is -0.461. The van der Waals surface area contributed by atoms with Crippen LogP contribution >= 0.6 is 0 Å². The van der Waals surface area contributed by atoms with Crippen LogP contribution in [0.25, 0.3) is 21.8 Å². The second-order valence-electron chi connectivity index (χ2n) is 6.32. The second kappa shape index (κ2) is 5.51.